The normalized spacial score (nSPS) is 14.8. The molecule has 1 saturated carbocycles. The van der Waals surface area contributed by atoms with Gasteiger partial charge in [-0.3, -0.25) is 4.79 Å². The van der Waals surface area contributed by atoms with E-state index in [-0.39, 0.29) is 12.5 Å². The number of amides is 1. The second-order valence-corrected chi connectivity index (χ2v) is 3.26. The van der Waals surface area contributed by atoms with Gasteiger partial charge in [0.2, 0.25) is 0 Å². The van der Waals surface area contributed by atoms with Gasteiger partial charge in [-0.25, -0.2) is 0 Å². The number of carbonyl (C=O) groups is 1. The second kappa shape index (κ2) is 3.54. The van der Waals surface area contributed by atoms with Gasteiger partial charge in [0.05, 0.1) is 12.7 Å². The van der Waals surface area contributed by atoms with Crippen molar-refractivity contribution < 1.29 is 9.32 Å². The highest BCUT2D eigenvalue weighted by molar-refractivity contribution is 5.95. The molecule has 0 bridgehead atoms. The van der Waals surface area contributed by atoms with Crippen LogP contribution in [0.25, 0.3) is 0 Å². The number of nitrogens with zero attached hydrogens (tertiary/aromatic N) is 1. The van der Waals surface area contributed by atoms with Gasteiger partial charge in [-0.1, -0.05) is 11.1 Å². The van der Waals surface area contributed by atoms with Crippen molar-refractivity contribution in [2.75, 3.05) is 6.54 Å². The Kier molecular flexibility index (Phi) is 2.23. The predicted molar refractivity (Wildman–Crippen MR) is 49.6 cm³/mol. The first-order chi connectivity index (χ1) is 6.83. The maximum absolute atomic E-state index is 11.5. The summed E-state index contributed by atoms with van der Waals surface area (Å²) < 4.78 is 5.03. The van der Waals surface area contributed by atoms with Gasteiger partial charge in [0.25, 0.3) is 5.91 Å². The Morgan fingerprint density at radius 2 is 2.57 bits per heavy atom. The highest BCUT2D eigenvalue weighted by Gasteiger charge is 2.32. The van der Waals surface area contributed by atoms with Crippen molar-refractivity contribution in [1.29, 1.82) is 0 Å². The molecule has 0 saturated heterocycles. The molecule has 1 aromatic heterocycles. The Bertz CT molecular complexity index is 385. The second-order valence-electron chi connectivity index (χ2n) is 3.26. The third kappa shape index (κ3) is 1.62. The van der Waals surface area contributed by atoms with Gasteiger partial charge in [0.15, 0.2) is 5.76 Å². The Labute approximate surface area is 81.7 Å². The fraction of sp³-hybridized carbons (Fsp3) is 0.400. The number of nitrogens with one attached hydrogen (secondary N) is 1. The molecule has 1 aliphatic rings. The van der Waals surface area contributed by atoms with E-state index in [9.17, 15) is 4.79 Å². The summed E-state index contributed by atoms with van der Waals surface area (Å²) in [6, 6.07) is 0. The molecule has 1 aliphatic carbocycles. The molecule has 0 atom stereocenters. The maximum Gasteiger partial charge on any atom is 0.257 e. The summed E-state index contributed by atoms with van der Waals surface area (Å²) in [5.74, 6) is 3.21. The maximum atomic E-state index is 11.5. The number of aromatic nitrogens is 1. The van der Waals surface area contributed by atoms with Crippen LogP contribution in [0.15, 0.2) is 10.7 Å². The molecular weight excluding hydrogens is 180 g/mol. The van der Waals surface area contributed by atoms with Crippen LogP contribution in [0.1, 0.15) is 34.9 Å². The summed E-state index contributed by atoms with van der Waals surface area (Å²) >= 11 is 0. The van der Waals surface area contributed by atoms with E-state index in [1.807, 2.05) is 0 Å². The lowest BCUT2D eigenvalue weighted by Gasteiger charge is -1.99. The van der Waals surface area contributed by atoms with Gasteiger partial charge in [0, 0.05) is 5.92 Å². The molecule has 0 radical (unpaired) electrons. The van der Waals surface area contributed by atoms with Crippen molar-refractivity contribution in [3.8, 4) is 12.3 Å². The Morgan fingerprint density at radius 3 is 3.21 bits per heavy atom. The lowest BCUT2D eigenvalue weighted by Crippen LogP contribution is -2.23. The molecule has 4 heteroatoms. The predicted octanol–water partition coefficient (Wildman–Crippen LogP) is 0.915. The fourth-order valence-electron chi connectivity index (χ4n) is 1.29. The van der Waals surface area contributed by atoms with Crippen LogP contribution in [0.5, 0.6) is 0 Å². The van der Waals surface area contributed by atoms with Crippen molar-refractivity contribution in [3.63, 3.8) is 0 Å². The van der Waals surface area contributed by atoms with Crippen molar-refractivity contribution >= 4 is 5.91 Å². The lowest BCUT2D eigenvalue weighted by atomic mass is 10.2. The van der Waals surface area contributed by atoms with Crippen LogP contribution in [0, 0.1) is 12.3 Å². The zero-order valence-electron chi connectivity index (χ0n) is 7.62. The number of hydrogen-bond acceptors (Lipinski definition) is 3. The first-order valence-electron chi connectivity index (χ1n) is 4.49. The van der Waals surface area contributed by atoms with Crippen LogP contribution >= 0.6 is 0 Å². The summed E-state index contributed by atoms with van der Waals surface area (Å²) in [5, 5.41) is 6.21. The summed E-state index contributed by atoms with van der Waals surface area (Å²) in [6.07, 6.45) is 8.63. The smallest absolute Gasteiger partial charge is 0.257 e. The van der Waals surface area contributed by atoms with Crippen molar-refractivity contribution in [2.24, 2.45) is 0 Å². The number of carbonyl (C=O) groups excluding carboxylic acids is 1. The molecule has 0 aliphatic heterocycles. The molecule has 1 aromatic rings. The van der Waals surface area contributed by atoms with Crippen molar-refractivity contribution in [2.45, 2.75) is 18.8 Å². The van der Waals surface area contributed by atoms with Crippen molar-refractivity contribution in [1.82, 2.24) is 10.5 Å². The quantitative estimate of drug-likeness (QED) is 0.721. The van der Waals surface area contributed by atoms with Gasteiger partial charge in [-0.2, -0.15) is 0 Å². The molecule has 4 nitrogen and oxygen atoms in total. The zero-order valence-corrected chi connectivity index (χ0v) is 7.62. The number of hydrogen-bond donors (Lipinski definition) is 1. The first kappa shape index (κ1) is 8.82. The van der Waals surface area contributed by atoms with E-state index in [0.29, 0.717) is 17.2 Å². The molecule has 0 spiro atoms. The van der Waals surface area contributed by atoms with Crippen LogP contribution in [0.3, 0.4) is 0 Å². The van der Waals surface area contributed by atoms with Gasteiger partial charge < -0.3 is 9.84 Å². The summed E-state index contributed by atoms with van der Waals surface area (Å²) in [4.78, 5) is 11.5. The monoisotopic (exact) mass is 190 g/mol. The minimum atomic E-state index is -0.203. The van der Waals surface area contributed by atoms with E-state index in [0.717, 1.165) is 12.8 Å². The van der Waals surface area contributed by atoms with E-state index in [1.54, 1.807) is 0 Å². The summed E-state index contributed by atoms with van der Waals surface area (Å²) in [7, 11) is 0. The standard InChI is InChI=1S/C10H10N2O2/c1-2-5-11-10(13)8-6-12-14-9(8)7-3-4-7/h1,6-7H,3-5H2,(H,11,13). The van der Waals surface area contributed by atoms with Gasteiger partial charge in [-0.05, 0) is 12.8 Å². The third-order valence-corrected chi connectivity index (χ3v) is 2.14. The topological polar surface area (TPSA) is 55.1 Å². The van der Waals surface area contributed by atoms with Crippen LogP contribution in [-0.2, 0) is 0 Å². The van der Waals surface area contributed by atoms with E-state index >= 15 is 0 Å². The summed E-state index contributed by atoms with van der Waals surface area (Å²) in [5.41, 5.74) is 0.516. The average Bonchev–Trinajstić information content (AvgIpc) is 2.93. The van der Waals surface area contributed by atoms with E-state index in [1.165, 1.54) is 6.20 Å². The van der Waals surface area contributed by atoms with E-state index < -0.39 is 0 Å². The molecule has 1 fully saturated rings. The van der Waals surface area contributed by atoms with Crippen LogP contribution in [0.2, 0.25) is 0 Å². The van der Waals surface area contributed by atoms with Gasteiger partial charge in [0.1, 0.15) is 5.56 Å². The van der Waals surface area contributed by atoms with Crippen molar-refractivity contribution in [3.05, 3.63) is 17.5 Å². The lowest BCUT2D eigenvalue weighted by molar-refractivity contribution is 0.0956. The van der Waals surface area contributed by atoms with Crippen LogP contribution in [0.4, 0.5) is 0 Å². The van der Waals surface area contributed by atoms with Crippen LogP contribution in [-0.4, -0.2) is 17.6 Å². The molecule has 1 heterocycles. The zero-order chi connectivity index (χ0) is 9.97. The van der Waals surface area contributed by atoms with Gasteiger partial charge >= 0.3 is 0 Å². The molecule has 0 unspecified atom stereocenters. The van der Waals surface area contributed by atoms with Gasteiger partial charge in [-0.15, -0.1) is 6.42 Å². The Balaban J connectivity index is 2.11. The first-order valence-corrected chi connectivity index (χ1v) is 4.49. The molecule has 1 N–H and O–H groups in total. The molecule has 1 amide bonds. The minimum absolute atomic E-state index is 0.203. The minimum Gasteiger partial charge on any atom is -0.360 e. The molecular formula is C10H10N2O2. The molecule has 2 rings (SSSR count). The van der Waals surface area contributed by atoms with E-state index in [2.05, 4.69) is 16.4 Å². The largest absolute Gasteiger partial charge is 0.360 e. The SMILES string of the molecule is C#CCNC(=O)c1cnoc1C1CC1. The van der Waals surface area contributed by atoms with E-state index in [4.69, 9.17) is 10.9 Å². The Hall–Kier alpha value is -1.76. The highest BCUT2D eigenvalue weighted by Crippen LogP contribution is 2.41. The summed E-state index contributed by atoms with van der Waals surface area (Å²) in [6.45, 7) is 0.230. The number of rotatable bonds is 3. The number of terminal acetylenes is 1. The molecule has 14 heavy (non-hydrogen) atoms. The Morgan fingerprint density at radius 1 is 1.79 bits per heavy atom. The molecule has 72 valence electrons. The molecule has 0 aromatic carbocycles. The highest BCUT2D eigenvalue weighted by atomic mass is 16.5. The average molecular weight is 190 g/mol. The van der Waals surface area contributed by atoms with Crippen LogP contribution < -0.4 is 5.32 Å². The fourth-order valence-corrected chi connectivity index (χ4v) is 1.29. The third-order valence-electron chi connectivity index (χ3n) is 2.14.